The Hall–Kier alpha value is -0.820. The lowest BCUT2D eigenvalue weighted by molar-refractivity contribution is 0.294. The first-order valence-corrected chi connectivity index (χ1v) is 6.22. The highest BCUT2D eigenvalue weighted by atomic mass is 15.0. The highest BCUT2D eigenvalue weighted by molar-refractivity contribution is 5.20. The predicted molar refractivity (Wildman–Crippen MR) is 62.9 cm³/mol. The van der Waals surface area contributed by atoms with Gasteiger partial charge in [0.2, 0.25) is 0 Å². The molecule has 15 heavy (non-hydrogen) atoms. The summed E-state index contributed by atoms with van der Waals surface area (Å²) in [5.74, 6) is 1.77. The van der Waals surface area contributed by atoms with E-state index >= 15 is 0 Å². The molecule has 80 valence electrons. The Bertz CT molecular complexity index is 319. The Morgan fingerprint density at radius 3 is 2.73 bits per heavy atom. The summed E-state index contributed by atoms with van der Waals surface area (Å²) in [7, 11) is 0. The first-order chi connectivity index (χ1) is 7.43. The zero-order chi connectivity index (χ0) is 10.1. The Morgan fingerprint density at radius 2 is 1.87 bits per heavy atom. The van der Waals surface area contributed by atoms with Gasteiger partial charge >= 0.3 is 0 Å². The Kier molecular flexibility index (Phi) is 2.49. The van der Waals surface area contributed by atoms with E-state index in [0.717, 1.165) is 17.9 Å². The minimum Gasteiger partial charge on any atom is -0.314 e. The fraction of sp³-hybridized carbons (Fsp3) is 0.571. The quantitative estimate of drug-likeness (QED) is 0.736. The van der Waals surface area contributed by atoms with Crippen LogP contribution in [0.15, 0.2) is 30.3 Å². The zero-order valence-electron chi connectivity index (χ0n) is 9.15. The van der Waals surface area contributed by atoms with Gasteiger partial charge in [-0.25, -0.2) is 0 Å². The molecule has 1 aliphatic heterocycles. The van der Waals surface area contributed by atoms with Crippen LogP contribution >= 0.6 is 0 Å². The average Bonchev–Trinajstić information content (AvgIpc) is 2.77. The van der Waals surface area contributed by atoms with Crippen LogP contribution in [0.2, 0.25) is 0 Å². The fourth-order valence-electron chi connectivity index (χ4n) is 3.33. The molecule has 2 fully saturated rings. The van der Waals surface area contributed by atoms with Gasteiger partial charge in [-0.1, -0.05) is 30.3 Å². The summed E-state index contributed by atoms with van der Waals surface area (Å²) in [6, 6.07) is 11.9. The number of fused-ring (bicyclic) bond motifs is 1. The molecule has 1 nitrogen and oxygen atoms in total. The number of nitrogens with one attached hydrogen (secondary N) is 1. The van der Waals surface area contributed by atoms with Crippen LogP contribution in [0.25, 0.3) is 0 Å². The smallest absolute Gasteiger partial charge is 0.00962 e. The van der Waals surface area contributed by atoms with E-state index < -0.39 is 0 Å². The van der Waals surface area contributed by atoms with Crippen molar-refractivity contribution in [3.63, 3.8) is 0 Å². The van der Waals surface area contributed by atoms with Crippen molar-refractivity contribution in [1.82, 2.24) is 5.32 Å². The van der Waals surface area contributed by atoms with Gasteiger partial charge in [0.1, 0.15) is 0 Å². The van der Waals surface area contributed by atoms with Crippen molar-refractivity contribution < 1.29 is 0 Å². The SMILES string of the molecule is c1ccc(C2CCC3NCCC3C2)cc1. The largest absolute Gasteiger partial charge is 0.314 e. The molecule has 0 radical (unpaired) electrons. The molecule has 1 heterocycles. The lowest BCUT2D eigenvalue weighted by atomic mass is 9.76. The van der Waals surface area contributed by atoms with E-state index in [1.807, 2.05) is 0 Å². The van der Waals surface area contributed by atoms with E-state index in [0.29, 0.717) is 0 Å². The Labute approximate surface area is 91.9 Å². The van der Waals surface area contributed by atoms with Crippen LogP contribution in [0.1, 0.15) is 37.2 Å². The lowest BCUT2D eigenvalue weighted by Crippen LogP contribution is -2.32. The highest BCUT2D eigenvalue weighted by Gasteiger charge is 2.33. The summed E-state index contributed by atoms with van der Waals surface area (Å²) >= 11 is 0. The molecular weight excluding hydrogens is 182 g/mol. The molecule has 1 saturated carbocycles. The van der Waals surface area contributed by atoms with Crippen molar-refractivity contribution in [2.75, 3.05) is 6.54 Å². The first kappa shape index (κ1) is 9.41. The second kappa shape index (κ2) is 3.97. The van der Waals surface area contributed by atoms with Crippen molar-refractivity contribution >= 4 is 0 Å². The molecule has 0 bridgehead atoms. The van der Waals surface area contributed by atoms with Gasteiger partial charge in [0.25, 0.3) is 0 Å². The van der Waals surface area contributed by atoms with Gasteiger partial charge in [0.15, 0.2) is 0 Å². The minimum absolute atomic E-state index is 0.826. The van der Waals surface area contributed by atoms with Gasteiger partial charge in [0, 0.05) is 6.04 Å². The van der Waals surface area contributed by atoms with Crippen molar-refractivity contribution in [3.8, 4) is 0 Å². The zero-order valence-corrected chi connectivity index (χ0v) is 9.15. The van der Waals surface area contributed by atoms with Crippen LogP contribution in [0.4, 0.5) is 0 Å². The first-order valence-electron chi connectivity index (χ1n) is 6.22. The van der Waals surface area contributed by atoms with Gasteiger partial charge in [0.05, 0.1) is 0 Å². The van der Waals surface area contributed by atoms with Crippen molar-refractivity contribution in [2.45, 2.75) is 37.6 Å². The molecule has 3 unspecified atom stereocenters. The van der Waals surface area contributed by atoms with Gasteiger partial charge < -0.3 is 5.32 Å². The summed E-state index contributed by atoms with van der Waals surface area (Å²) < 4.78 is 0. The summed E-state index contributed by atoms with van der Waals surface area (Å²) in [6.07, 6.45) is 5.55. The van der Waals surface area contributed by atoms with Crippen molar-refractivity contribution in [3.05, 3.63) is 35.9 Å². The highest BCUT2D eigenvalue weighted by Crippen LogP contribution is 2.39. The maximum Gasteiger partial charge on any atom is 0.00962 e. The van der Waals surface area contributed by atoms with E-state index in [-0.39, 0.29) is 0 Å². The van der Waals surface area contributed by atoms with Crippen LogP contribution in [0.3, 0.4) is 0 Å². The lowest BCUT2D eigenvalue weighted by Gasteiger charge is -2.31. The molecule has 1 heteroatoms. The molecule has 1 aromatic carbocycles. The van der Waals surface area contributed by atoms with Crippen molar-refractivity contribution in [1.29, 1.82) is 0 Å². The molecular formula is C14H19N. The number of benzene rings is 1. The molecule has 1 N–H and O–H groups in total. The van der Waals surface area contributed by atoms with E-state index in [1.54, 1.807) is 5.56 Å². The topological polar surface area (TPSA) is 12.0 Å². The third kappa shape index (κ3) is 1.81. The van der Waals surface area contributed by atoms with Gasteiger partial charge in [-0.3, -0.25) is 0 Å². The fourth-order valence-corrected chi connectivity index (χ4v) is 3.33. The third-order valence-electron chi connectivity index (χ3n) is 4.18. The van der Waals surface area contributed by atoms with Crippen LogP contribution in [0, 0.1) is 5.92 Å². The van der Waals surface area contributed by atoms with Crippen LogP contribution in [-0.2, 0) is 0 Å². The molecule has 0 aromatic heterocycles. The Morgan fingerprint density at radius 1 is 1.00 bits per heavy atom. The number of hydrogen-bond acceptors (Lipinski definition) is 1. The van der Waals surface area contributed by atoms with Gasteiger partial charge in [-0.2, -0.15) is 0 Å². The van der Waals surface area contributed by atoms with E-state index in [9.17, 15) is 0 Å². The summed E-state index contributed by atoms with van der Waals surface area (Å²) in [5, 5.41) is 3.63. The molecule has 1 saturated heterocycles. The van der Waals surface area contributed by atoms with E-state index in [4.69, 9.17) is 0 Å². The average molecular weight is 201 g/mol. The number of rotatable bonds is 1. The van der Waals surface area contributed by atoms with Gasteiger partial charge in [-0.15, -0.1) is 0 Å². The van der Waals surface area contributed by atoms with Crippen LogP contribution in [-0.4, -0.2) is 12.6 Å². The number of hydrogen-bond donors (Lipinski definition) is 1. The molecule has 1 aromatic rings. The molecule has 0 spiro atoms. The monoisotopic (exact) mass is 201 g/mol. The molecule has 3 atom stereocenters. The van der Waals surface area contributed by atoms with E-state index in [2.05, 4.69) is 35.6 Å². The molecule has 0 amide bonds. The van der Waals surface area contributed by atoms with Crippen LogP contribution in [0.5, 0.6) is 0 Å². The van der Waals surface area contributed by atoms with Crippen molar-refractivity contribution in [2.24, 2.45) is 5.92 Å². The molecule has 3 rings (SSSR count). The summed E-state index contributed by atoms with van der Waals surface area (Å²) in [4.78, 5) is 0. The molecule has 2 aliphatic rings. The summed E-state index contributed by atoms with van der Waals surface area (Å²) in [6.45, 7) is 1.25. The molecule has 1 aliphatic carbocycles. The second-order valence-corrected chi connectivity index (χ2v) is 5.03. The second-order valence-electron chi connectivity index (χ2n) is 5.03. The third-order valence-corrected chi connectivity index (χ3v) is 4.18. The van der Waals surface area contributed by atoms with Crippen LogP contribution < -0.4 is 5.32 Å². The standard InChI is InChI=1S/C14H19N/c1-2-4-11(5-3-1)12-6-7-14-13(10-12)8-9-15-14/h1-5,12-15H,6-10H2. The normalized spacial score (nSPS) is 35.1. The Balaban J connectivity index is 1.74. The van der Waals surface area contributed by atoms with Gasteiger partial charge in [-0.05, 0) is 49.6 Å². The minimum atomic E-state index is 0.826. The van der Waals surface area contributed by atoms with E-state index in [1.165, 1.54) is 32.2 Å². The maximum absolute atomic E-state index is 3.63. The maximum atomic E-state index is 3.63. The summed E-state index contributed by atoms with van der Waals surface area (Å²) in [5.41, 5.74) is 1.56. The predicted octanol–water partition coefficient (Wildman–Crippen LogP) is 2.93.